The number of hydrogen-bond acceptors (Lipinski definition) is 2. The molecule has 2 heteroatoms. The van der Waals surface area contributed by atoms with Crippen LogP contribution in [0.1, 0.15) is 30.9 Å². The normalized spacial score (nSPS) is 19.4. The van der Waals surface area contributed by atoms with Crippen LogP contribution in [0.4, 0.5) is 0 Å². The van der Waals surface area contributed by atoms with Gasteiger partial charge in [-0.2, -0.15) is 0 Å². The second kappa shape index (κ2) is 7.29. The van der Waals surface area contributed by atoms with Crippen molar-refractivity contribution >= 4 is 0 Å². The smallest absolute Gasteiger partial charge is 0.0974 e. The predicted molar refractivity (Wildman–Crippen MR) is 95.3 cm³/mol. The second-order valence-electron chi connectivity index (χ2n) is 6.86. The largest absolute Gasteiger partial charge is 0.384 e. The summed E-state index contributed by atoms with van der Waals surface area (Å²) < 4.78 is 0. The van der Waals surface area contributed by atoms with Crippen molar-refractivity contribution in [3.05, 3.63) is 71.8 Å². The Hall–Kier alpha value is -1.64. The summed E-state index contributed by atoms with van der Waals surface area (Å²) in [7, 11) is 0. The van der Waals surface area contributed by atoms with Crippen molar-refractivity contribution in [1.82, 2.24) is 4.90 Å². The number of rotatable bonds is 6. The van der Waals surface area contributed by atoms with Crippen LogP contribution in [-0.4, -0.2) is 29.6 Å². The maximum Gasteiger partial charge on any atom is 0.0974 e. The Balaban J connectivity index is 1.86. The van der Waals surface area contributed by atoms with Gasteiger partial charge in [-0.05, 0) is 37.1 Å². The molecule has 2 nitrogen and oxygen atoms in total. The molecule has 2 aromatic carbocycles. The molecule has 2 atom stereocenters. The number of benzene rings is 2. The molecule has 1 aliphatic heterocycles. The summed E-state index contributed by atoms with van der Waals surface area (Å²) in [4.78, 5) is 2.49. The van der Waals surface area contributed by atoms with E-state index in [0.717, 1.165) is 12.1 Å². The Bertz CT molecular complexity index is 592. The molecule has 0 aliphatic carbocycles. The number of likely N-dealkylation sites (tertiary alicyclic amines) is 1. The topological polar surface area (TPSA) is 23.5 Å². The summed E-state index contributed by atoms with van der Waals surface area (Å²) in [6, 6.07) is 20.5. The van der Waals surface area contributed by atoms with Gasteiger partial charge in [0, 0.05) is 18.9 Å². The zero-order chi connectivity index (χ0) is 16.1. The molecule has 1 aliphatic rings. The highest BCUT2D eigenvalue weighted by Gasteiger charge is 2.36. The fraction of sp³-hybridized carbons (Fsp3) is 0.429. The van der Waals surface area contributed by atoms with E-state index in [4.69, 9.17) is 0 Å². The van der Waals surface area contributed by atoms with Crippen LogP contribution >= 0.6 is 0 Å². The molecule has 0 amide bonds. The highest BCUT2D eigenvalue weighted by atomic mass is 16.3. The van der Waals surface area contributed by atoms with E-state index >= 15 is 0 Å². The van der Waals surface area contributed by atoms with Gasteiger partial charge in [0.05, 0.1) is 5.60 Å². The summed E-state index contributed by atoms with van der Waals surface area (Å²) >= 11 is 0. The van der Waals surface area contributed by atoms with Crippen molar-refractivity contribution in [2.75, 3.05) is 19.6 Å². The lowest BCUT2D eigenvalue weighted by Gasteiger charge is -2.37. The van der Waals surface area contributed by atoms with Gasteiger partial charge in [-0.15, -0.1) is 0 Å². The Kier molecular flexibility index (Phi) is 5.14. The quantitative estimate of drug-likeness (QED) is 0.876. The van der Waals surface area contributed by atoms with Crippen LogP contribution in [0.25, 0.3) is 0 Å². The molecule has 0 aromatic heterocycles. The van der Waals surface area contributed by atoms with Gasteiger partial charge >= 0.3 is 0 Å². The first-order chi connectivity index (χ1) is 11.2. The van der Waals surface area contributed by atoms with E-state index in [0.29, 0.717) is 6.42 Å². The third kappa shape index (κ3) is 3.82. The molecule has 0 bridgehead atoms. The van der Waals surface area contributed by atoms with Crippen LogP contribution in [0.15, 0.2) is 60.7 Å². The molecule has 2 aromatic rings. The van der Waals surface area contributed by atoms with Crippen molar-refractivity contribution < 1.29 is 5.11 Å². The molecule has 23 heavy (non-hydrogen) atoms. The third-order valence-corrected chi connectivity index (χ3v) is 5.14. The van der Waals surface area contributed by atoms with E-state index in [1.807, 2.05) is 36.4 Å². The average Bonchev–Trinajstić information content (AvgIpc) is 3.09. The first-order valence-electron chi connectivity index (χ1n) is 8.73. The Labute approximate surface area is 139 Å². The van der Waals surface area contributed by atoms with Gasteiger partial charge < -0.3 is 10.0 Å². The SMILES string of the molecule is C[C@H](CN1CCCC1)[C@@](O)(Cc1ccccc1)c1ccccc1. The zero-order valence-corrected chi connectivity index (χ0v) is 14.0. The van der Waals surface area contributed by atoms with Crippen molar-refractivity contribution in [3.63, 3.8) is 0 Å². The van der Waals surface area contributed by atoms with Crippen LogP contribution in [0, 0.1) is 5.92 Å². The van der Waals surface area contributed by atoms with Crippen LogP contribution in [-0.2, 0) is 12.0 Å². The van der Waals surface area contributed by atoms with Gasteiger partial charge in [0.15, 0.2) is 0 Å². The van der Waals surface area contributed by atoms with E-state index in [-0.39, 0.29) is 5.92 Å². The van der Waals surface area contributed by atoms with Crippen LogP contribution in [0.3, 0.4) is 0 Å². The lowest BCUT2D eigenvalue weighted by molar-refractivity contribution is -0.0277. The summed E-state index contributed by atoms with van der Waals surface area (Å²) in [6.07, 6.45) is 3.23. The van der Waals surface area contributed by atoms with E-state index in [9.17, 15) is 5.11 Å². The first kappa shape index (κ1) is 16.2. The van der Waals surface area contributed by atoms with Gasteiger partial charge in [0.2, 0.25) is 0 Å². The van der Waals surface area contributed by atoms with Gasteiger partial charge in [-0.3, -0.25) is 0 Å². The zero-order valence-electron chi connectivity index (χ0n) is 14.0. The minimum Gasteiger partial charge on any atom is -0.384 e. The second-order valence-corrected chi connectivity index (χ2v) is 6.86. The van der Waals surface area contributed by atoms with E-state index in [2.05, 4.69) is 36.1 Å². The average molecular weight is 309 g/mol. The molecule has 1 heterocycles. The minimum absolute atomic E-state index is 0.184. The molecule has 0 saturated carbocycles. The maximum absolute atomic E-state index is 11.6. The lowest BCUT2D eigenvalue weighted by atomic mass is 9.77. The van der Waals surface area contributed by atoms with Crippen LogP contribution < -0.4 is 0 Å². The highest BCUT2D eigenvalue weighted by molar-refractivity contribution is 5.27. The van der Waals surface area contributed by atoms with Gasteiger partial charge in [-0.25, -0.2) is 0 Å². The summed E-state index contributed by atoms with van der Waals surface area (Å²) in [5.41, 5.74) is 1.38. The van der Waals surface area contributed by atoms with E-state index in [1.54, 1.807) is 0 Å². The number of hydrogen-bond donors (Lipinski definition) is 1. The summed E-state index contributed by atoms with van der Waals surface area (Å²) in [5, 5.41) is 11.6. The summed E-state index contributed by atoms with van der Waals surface area (Å²) in [5.74, 6) is 0.184. The predicted octanol–water partition coefficient (Wildman–Crippen LogP) is 3.85. The van der Waals surface area contributed by atoms with E-state index < -0.39 is 5.60 Å². The van der Waals surface area contributed by atoms with Crippen molar-refractivity contribution in [2.24, 2.45) is 5.92 Å². The summed E-state index contributed by atoms with van der Waals surface area (Å²) in [6.45, 7) is 5.48. The third-order valence-electron chi connectivity index (χ3n) is 5.14. The first-order valence-corrected chi connectivity index (χ1v) is 8.73. The molecule has 1 N–H and O–H groups in total. The molecule has 0 spiro atoms. The highest BCUT2D eigenvalue weighted by Crippen LogP contribution is 2.34. The molecular formula is C21H27NO. The standard InChI is InChI=1S/C21H27NO/c1-18(17-22-14-8-9-15-22)21(23,20-12-6-3-7-13-20)16-19-10-4-2-5-11-19/h2-7,10-13,18,23H,8-9,14-17H2,1H3/t18-,21+/m1/s1. The molecule has 1 fully saturated rings. The molecule has 1 saturated heterocycles. The monoisotopic (exact) mass is 309 g/mol. The van der Waals surface area contributed by atoms with Crippen molar-refractivity contribution in [2.45, 2.75) is 31.8 Å². The fourth-order valence-corrected chi connectivity index (χ4v) is 3.70. The van der Waals surface area contributed by atoms with Crippen LogP contribution in [0.5, 0.6) is 0 Å². The Morgan fingerprint density at radius 3 is 2.13 bits per heavy atom. The Morgan fingerprint density at radius 2 is 1.52 bits per heavy atom. The molecule has 0 radical (unpaired) electrons. The van der Waals surface area contributed by atoms with E-state index in [1.165, 1.54) is 31.5 Å². The number of nitrogens with zero attached hydrogens (tertiary/aromatic N) is 1. The molecule has 122 valence electrons. The minimum atomic E-state index is -0.828. The van der Waals surface area contributed by atoms with Crippen LogP contribution in [0.2, 0.25) is 0 Å². The lowest BCUT2D eigenvalue weighted by Crippen LogP contribution is -2.42. The maximum atomic E-state index is 11.6. The van der Waals surface area contributed by atoms with Gasteiger partial charge in [0.1, 0.15) is 0 Å². The molecule has 0 unspecified atom stereocenters. The number of aliphatic hydroxyl groups is 1. The molecule has 3 rings (SSSR count). The van der Waals surface area contributed by atoms with Crippen molar-refractivity contribution in [1.29, 1.82) is 0 Å². The Morgan fingerprint density at radius 1 is 0.957 bits per heavy atom. The van der Waals surface area contributed by atoms with Crippen molar-refractivity contribution in [3.8, 4) is 0 Å². The fourth-order valence-electron chi connectivity index (χ4n) is 3.70. The molecular weight excluding hydrogens is 282 g/mol. The van der Waals surface area contributed by atoms with Gasteiger partial charge in [0.25, 0.3) is 0 Å². The van der Waals surface area contributed by atoms with Gasteiger partial charge in [-0.1, -0.05) is 67.6 Å².